The zero-order valence-corrected chi connectivity index (χ0v) is 16.5. The molecule has 0 aliphatic carbocycles. The van der Waals surface area contributed by atoms with E-state index < -0.39 is 0 Å². The number of carbonyl (C=O) groups is 1. The molecule has 1 heterocycles. The van der Waals surface area contributed by atoms with Gasteiger partial charge in [-0.2, -0.15) is 0 Å². The number of rotatable bonds is 5. The molecule has 0 radical (unpaired) electrons. The van der Waals surface area contributed by atoms with Crippen molar-refractivity contribution in [3.63, 3.8) is 0 Å². The Labute approximate surface area is 160 Å². The van der Waals surface area contributed by atoms with Crippen LogP contribution in [0.25, 0.3) is 0 Å². The SMILES string of the molecule is CC(C)(C)c1ccc(C2CC=C(SCCc3ccccc3)C(=O)O2)cc1. The van der Waals surface area contributed by atoms with Crippen molar-refractivity contribution in [2.45, 2.75) is 45.1 Å². The third-order valence-electron chi connectivity index (χ3n) is 4.61. The lowest BCUT2D eigenvalue weighted by molar-refractivity contribution is -0.144. The average Bonchev–Trinajstić information content (AvgIpc) is 2.63. The van der Waals surface area contributed by atoms with Gasteiger partial charge in [-0.3, -0.25) is 0 Å². The molecular weight excluding hydrogens is 340 g/mol. The topological polar surface area (TPSA) is 26.3 Å². The molecule has 2 aromatic carbocycles. The van der Waals surface area contributed by atoms with E-state index in [-0.39, 0.29) is 17.5 Å². The summed E-state index contributed by atoms with van der Waals surface area (Å²) in [4.78, 5) is 13.1. The largest absolute Gasteiger partial charge is 0.453 e. The van der Waals surface area contributed by atoms with Crippen LogP contribution in [0.2, 0.25) is 0 Å². The predicted molar refractivity (Wildman–Crippen MR) is 109 cm³/mol. The highest BCUT2D eigenvalue weighted by molar-refractivity contribution is 8.03. The molecule has 1 unspecified atom stereocenters. The third-order valence-corrected chi connectivity index (χ3v) is 5.66. The minimum Gasteiger partial charge on any atom is -0.453 e. The summed E-state index contributed by atoms with van der Waals surface area (Å²) in [6.45, 7) is 6.60. The number of esters is 1. The van der Waals surface area contributed by atoms with E-state index in [1.807, 2.05) is 24.3 Å². The Balaban J connectivity index is 1.57. The van der Waals surface area contributed by atoms with Gasteiger partial charge in [0.1, 0.15) is 6.10 Å². The fourth-order valence-electron chi connectivity index (χ4n) is 2.98. The van der Waals surface area contributed by atoms with Crippen LogP contribution in [-0.2, 0) is 21.4 Å². The van der Waals surface area contributed by atoms with Crippen LogP contribution in [0.4, 0.5) is 0 Å². The lowest BCUT2D eigenvalue weighted by Gasteiger charge is -2.24. The summed E-state index contributed by atoms with van der Waals surface area (Å²) >= 11 is 1.59. The Morgan fingerprint density at radius 1 is 1.04 bits per heavy atom. The normalized spacial score (nSPS) is 17.6. The Hall–Kier alpha value is -2.00. The number of ether oxygens (including phenoxy) is 1. The summed E-state index contributed by atoms with van der Waals surface area (Å²) < 4.78 is 5.69. The fraction of sp³-hybridized carbons (Fsp3) is 0.348. The first-order chi connectivity index (χ1) is 12.4. The van der Waals surface area contributed by atoms with Crippen molar-refractivity contribution in [3.05, 3.63) is 82.3 Å². The summed E-state index contributed by atoms with van der Waals surface area (Å²) in [5, 5.41) is 0. The molecule has 0 saturated carbocycles. The van der Waals surface area contributed by atoms with Crippen LogP contribution >= 0.6 is 11.8 Å². The number of benzene rings is 2. The van der Waals surface area contributed by atoms with Crippen LogP contribution in [0.15, 0.2) is 65.6 Å². The second-order valence-electron chi connectivity index (χ2n) is 7.65. The maximum atomic E-state index is 12.3. The number of cyclic esters (lactones) is 1. The van der Waals surface area contributed by atoms with Gasteiger partial charge < -0.3 is 4.74 Å². The van der Waals surface area contributed by atoms with E-state index >= 15 is 0 Å². The predicted octanol–water partition coefficient (Wildman–Crippen LogP) is 5.83. The smallest absolute Gasteiger partial charge is 0.344 e. The minimum absolute atomic E-state index is 0.129. The van der Waals surface area contributed by atoms with E-state index in [0.29, 0.717) is 0 Å². The Kier molecular flexibility index (Phi) is 5.87. The molecule has 0 fully saturated rings. The van der Waals surface area contributed by atoms with Gasteiger partial charge in [0.25, 0.3) is 0 Å². The van der Waals surface area contributed by atoms with Crippen molar-refractivity contribution in [3.8, 4) is 0 Å². The molecule has 1 aliphatic heterocycles. The summed E-state index contributed by atoms with van der Waals surface area (Å²) in [6.07, 6.45) is 3.56. The highest BCUT2D eigenvalue weighted by Gasteiger charge is 2.25. The lowest BCUT2D eigenvalue weighted by atomic mass is 9.86. The number of thioether (sulfide) groups is 1. The second kappa shape index (κ2) is 8.13. The highest BCUT2D eigenvalue weighted by Crippen LogP contribution is 2.33. The third kappa shape index (κ3) is 4.79. The molecular formula is C23H26O2S. The van der Waals surface area contributed by atoms with Crippen molar-refractivity contribution in [1.82, 2.24) is 0 Å². The molecule has 3 rings (SSSR count). The molecule has 136 valence electrons. The van der Waals surface area contributed by atoms with Crippen molar-refractivity contribution < 1.29 is 9.53 Å². The fourth-order valence-corrected chi connectivity index (χ4v) is 3.91. The molecule has 0 bridgehead atoms. The standard InChI is InChI=1S/C23H26O2S/c1-23(2,3)19-11-9-18(10-12-19)20-13-14-21(22(24)25-20)26-16-15-17-7-5-4-6-8-17/h4-12,14,20H,13,15-16H2,1-3H3. The highest BCUT2D eigenvalue weighted by atomic mass is 32.2. The van der Waals surface area contributed by atoms with E-state index in [2.05, 4.69) is 57.2 Å². The Morgan fingerprint density at radius 3 is 2.35 bits per heavy atom. The van der Waals surface area contributed by atoms with E-state index in [4.69, 9.17) is 4.74 Å². The van der Waals surface area contributed by atoms with Crippen LogP contribution in [0.5, 0.6) is 0 Å². The lowest BCUT2D eigenvalue weighted by Crippen LogP contribution is -2.17. The number of hydrogen-bond acceptors (Lipinski definition) is 3. The molecule has 3 heteroatoms. The molecule has 0 saturated heterocycles. The Morgan fingerprint density at radius 2 is 1.73 bits per heavy atom. The van der Waals surface area contributed by atoms with Gasteiger partial charge >= 0.3 is 5.97 Å². The molecule has 1 aliphatic rings. The zero-order chi connectivity index (χ0) is 18.6. The van der Waals surface area contributed by atoms with Crippen molar-refractivity contribution in [2.24, 2.45) is 0 Å². The van der Waals surface area contributed by atoms with E-state index in [1.165, 1.54) is 11.1 Å². The van der Waals surface area contributed by atoms with Gasteiger partial charge in [0.15, 0.2) is 0 Å². The maximum absolute atomic E-state index is 12.3. The average molecular weight is 367 g/mol. The first-order valence-corrected chi connectivity index (χ1v) is 10.1. The number of carbonyl (C=O) groups excluding carboxylic acids is 1. The van der Waals surface area contributed by atoms with Crippen LogP contribution in [0, 0.1) is 0 Å². The maximum Gasteiger partial charge on any atom is 0.344 e. The van der Waals surface area contributed by atoms with Crippen molar-refractivity contribution >= 4 is 17.7 Å². The monoisotopic (exact) mass is 366 g/mol. The Bertz CT molecular complexity index is 770. The first-order valence-electron chi connectivity index (χ1n) is 9.12. The number of hydrogen-bond donors (Lipinski definition) is 0. The van der Waals surface area contributed by atoms with Gasteiger partial charge in [0.05, 0.1) is 4.91 Å². The van der Waals surface area contributed by atoms with Gasteiger partial charge in [-0.05, 0) is 28.5 Å². The van der Waals surface area contributed by atoms with Gasteiger partial charge in [-0.1, -0.05) is 81.4 Å². The van der Waals surface area contributed by atoms with Crippen LogP contribution in [0.3, 0.4) is 0 Å². The van der Waals surface area contributed by atoms with Crippen molar-refractivity contribution in [2.75, 3.05) is 5.75 Å². The van der Waals surface area contributed by atoms with Crippen LogP contribution < -0.4 is 0 Å². The van der Waals surface area contributed by atoms with Crippen LogP contribution in [0.1, 0.15) is 50.0 Å². The van der Waals surface area contributed by atoms with Gasteiger partial charge in [0.2, 0.25) is 0 Å². The van der Waals surface area contributed by atoms with E-state index in [9.17, 15) is 4.79 Å². The minimum atomic E-state index is -0.195. The van der Waals surface area contributed by atoms with E-state index in [1.54, 1.807) is 11.8 Å². The molecule has 0 spiro atoms. The summed E-state index contributed by atoms with van der Waals surface area (Å²) in [6, 6.07) is 18.8. The van der Waals surface area contributed by atoms with Crippen LogP contribution in [-0.4, -0.2) is 11.7 Å². The van der Waals surface area contributed by atoms with E-state index in [0.717, 1.165) is 29.1 Å². The van der Waals surface area contributed by atoms with Gasteiger partial charge in [-0.15, -0.1) is 11.8 Å². The first kappa shape index (κ1) is 18.8. The molecule has 0 N–H and O–H groups in total. The number of aryl methyl sites for hydroxylation is 1. The zero-order valence-electron chi connectivity index (χ0n) is 15.7. The molecule has 0 amide bonds. The summed E-state index contributed by atoms with van der Waals surface area (Å²) in [7, 11) is 0. The molecule has 26 heavy (non-hydrogen) atoms. The molecule has 2 aromatic rings. The summed E-state index contributed by atoms with van der Waals surface area (Å²) in [5.41, 5.74) is 3.78. The molecule has 1 atom stereocenters. The molecule has 0 aromatic heterocycles. The summed E-state index contributed by atoms with van der Waals surface area (Å²) in [5.74, 6) is 0.690. The van der Waals surface area contributed by atoms with Gasteiger partial charge in [-0.25, -0.2) is 4.79 Å². The molecule has 2 nitrogen and oxygen atoms in total. The quantitative estimate of drug-likeness (QED) is 0.623. The second-order valence-corrected chi connectivity index (χ2v) is 8.79. The van der Waals surface area contributed by atoms with Crippen molar-refractivity contribution in [1.29, 1.82) is 0 Å². The van der Waals surface area contributed by atoms with Gasteiger partial charge in [0, 0.05) is 12.2 Å².